The van der Waals surface area contributed by atoms with Crippen molar-refractivity contribution < 1.29 is 13.6 Å². The molecule has 0 spiro atoms. The van der Waals surface area contributed by atoms with Crippen LogP contribution in [0.5, 0.6) is 0 Å². The molecule has 0 amide bonds. The van der Waals surface area contributed by atoms with Gasteiger partial charge in [0.2, 0.25) is 0 Å². The quantitative estimate of drug-likeness (QED) is 0.549. The van der Waals surface area contributed by atoms with Crippen molar-refractivity contribution in [2.45, 2.75) is 6.42 Å². The Labute approximate surface area is 127 Å². The number of rotatable bonds is 3. The smallest absolute Gasteiger partial charge is 0.168 e. The van der Waals surface area contributed by atoms with Crippen molar-refractivity contribution in [1.82, 2.24) is 0 Å². The third kappa shape index (κ3) is 3.30. The molecule has 0 N–H and O–H groups in total. The predicted octanol–water partition coefficient (Wildman–Crippen LogP) is 4.65. The van der Waals surface area contributed by atoms with E-state index in [4.69, 9.17) is 11.6 Å². The van der Waals surface area contributed by atoms with Gasteiger partial charge in [-0.05, 0) is 52.4 Å². The number of carbonyl (C=O) groups is 1. The standard InChI is InChI=1S/C14H8ClF2IO/c15-9-4-5-12(18)10(7-9)13(19)6-8-2-1-3-11(16)14(8)17/h1-5,7H,6H2. The number of halogens is 4. The summed E-state index contributed by atoms with van der Waals surface area (Å²) < 4.78 is 27.3. The van der Waals surface area contributed by atoms with Crippen LogP contribution in [0, 0.1) is 15.2 Å². The van der Waals surface area contributed by atoms with E-state index in [1.807, 2.05) is 22.6 Å². The number of carbonyl (C=O) groups excluding carboxylic acids is 1. The van der Waals surface area contributed by atoms with Gasteiger partial charge < -0.3 is 0 Å². The maximum atomic E-state index is 13.5. The molecule has 0 aliphatic heterocycles. The highest BCUT2D eigenvalue weighted by molar-refractivity contribution is 14.1. The van der Waals surface area contributed by atoms with E-state index in [1.165, 1.54) is 18.2 Å². The molecule has 1 nitrogen and oxygen atoms in total. The molecule has 19 heavy (non-hydrogen) atoms. The Morgan fingerprint density at radius 1 is 1.21 bits per heavy atom. The lowest BCUT2D eigenvalue weighted by Crippen LogP contribution is -2.08. The van der Waals surface area contributed by atoms with Gasteiger partial charge in [-0.25, -0.2) is 8.78 Å². The molecular weight excluding hydrogens is 385 g/mol. The summed E-state index contributed by atoms with van der Waals surface area (Å²) in [5, 5.41) is 0.434. The van der Waals surface area contributed by atoms with E-state index in [1.54, 1.807) is 12.1 Å². The molecule has 0 aliphatic rings. The Kier molecular flexibility index (Phi) is 4.52. The van der Waals surface area contributed by atoms with Gasteiger partial charge in [-0.3, -0.25) is 4.79 Å². The Balaban J connectivity index is 2.31. The predicted molar refractivity (Wildman–Crippen MR) is 78.6 cm³/mol. The van der Waals surface area contributed by atoms with Crippen molar-refractivity contribution in [2.24, 2.45) is 0 Å². The molecule has 0 aliphatic carbocycles. The molecule has 2 aromatic rings. The molecule has 2 aromatic carbocycles. The molecule has 0 saturated heterocycles. The van der Waals surface area contributed by atoms with Crippen LogP contribution in [-0.4, -0.2) is 5.78 Å². The number of hydrogen-bond acceptors (Lipinski definition) is 1. The molecule has 0 aromatic heterocycles. The van der Waals surface area contributed by atoms with Crippen molar-refractivity contribution >= 4 is 40.0 Å². The van der Waals surface area contributed by atoms with Crippen LogP contribution < -0.4 is 0 Å². The lowest BCUT2D eigenvalue weighted by molar-refractivity contribution is 0.0991. The number of benzene rings is 2. The van der Waals surface area contributed by atoms with Gasteiger partial charge in [-0.2, -0.15) is 0 Å². The van der Waals surface area contributed by atoms with Gasteiger partial charge in [0, 0.05) is 20.6 Å². The minimum Gasteiger partial charge on any atom is -0.294 e. The van der Waals surface area contributed by atoms with Crippen LogP contribution in [0.1, 0.15) is 15.9 Å². The summed E-state index contributed by atoms with van der Waals surface area (Å²) in [5.41, 5.74) is 0.456. The molecule has 0 heterocycles. The van der Waals surface area contributed by atoms with Gasteiger partial charge in [-0.15, -0.1) is 0 Å². The largest absolute Gasteiger partial charge is 0.294 e. The fourth-order valence-electron chi connectivity index (χ4n) is 1.66. The SMILES string of the molecule is O=C(Cc1cccc(F)c1F)c1cc(Cl)ccc1I. The van der Waals surface area contributed by atoms with Gasteiger partial charge in [0.15, 0.2) is 17.4 Å². The molecule has 0 atom stereocenters. The average Bonchev–Trinajstić information content (AvgIpc) is 2.38. The van der Waals surface area contributed by atoms with E-state index < -0.39 is 11.6 Å². The van der Waals surface area contributed by atoms with Crippen LogP contribution in [-0.2, 0) is 6.42 Å². The second-order valence-corrected chi connectivity index (χ2v) is 5.54. The number of hydrogen-bond donors (Lipinski definition) is 0. The summed E-state index contributed by atoms with van der Waals surface area (Å²) in [7, 11) is 0. The van der Waals surface area contributed by atoms with E-state index in [2.05, 4.69) is 0 Å². The molecule has 2 rings (SSSR count). The lowest BCUT2D eigenvalue weighted by Gasteiger charge is -2.06. The van der Waals surface area contributed by atoms with Crippen LogP contribution in [0.15, 0.2) is 36.4 Å². The maximum Gasteiger partial charge on any atom is 0.168 e. The van der Waals surface area contributed by atoms with Crippen LogP contribution in [0.4, 0.5) is 8.78 Å². The van der Waals surface area contributed by atoms with Gasteiger partial charge >= 0.3 is 0 Å². The first kappa shape index (κ1) is 14.4. The van der Waals surface area contributed by atoms with E-state index in [0.29, 0.717) is 10.6 Å². The van der Waals surface area contributed by atoms with E-state index in [9.17, 15) is 13.6 Å². The van der Waals surface area contributed by atoms with Crippen molar-refractivity contribution in [3.63, 3.8) is 0 Å². The van der Waals surface area contributed by atoms with Crippen LogP contribution in [0.2, 0.25) is 5.02 Å². The minimum absolute atomic E-state index is 0.0424. The molecule has 5 heteroatoms. The lowest BCUT2D eigenvalue weighted by atomic mass is 10.0. The number of Topliss-reactive ketones (excluding diaryl/α,β-unsaturated/α-hetero) is 1. The summed E-state index contributed by atoms with van der Waals surface area (Å²) in [6.45, 7) is 0. The highest BCUT2D eigenvalue weighted by Gasteiger charge is 2.15. The Bertz CT molecular complexity index is 643. The third-order valence-electron chi connectivity index (χ3n) is 2.61. The minimum atomic E-state index is -0.979. The van der Waals surface area contributed by atoms with Gasteiger partial charge in [0.05, 0.1) is 0 Å². The van der Waals surface area contributed by atoms with Crippen molar-refractivity contribution in [3.05, 3.63) is 67.8 Å². The fraction of sp³-hybridized carbons (Fsp3) is 0.0714. The Morgan fingerprint density at radius 2 is 1.95 bits per heavy atom. The molecule has 0 radical (unpaired) electrons. The Morgan fingerprint density at radius 3 is 2.68 bits per heavy atom. The van der Waals surface area contributed by atoms with Crippen LogP contribution in [0.3, 0.4) is 0 Å². The second kappa shape index (κ2) is 5.96. The third-order valence-corrected chi connectivity index (χ3v) is 3.79. The first-order valence-electron chi connectivity index (χ1n) is 5.40. The highest BCUT2D eigenvalue weighted by atomic mass is 127. The van der Waals surface area contributed by atoms with Crippen molar-refractivity contribution in [3.8, 4) is 0 Å². The van der Waals surface area contributed by atoms with Gasteiger partial charge in [-0.1, -0.05) is 23.7 Å². The highest BCUT2D eigenvalue weighted by Crippen LogP contribution is 2.21. The van der Waals surface area contributed by atoms with Crippen LogP contribution in [0.25, 0.3) is 0 Å². The molecular formula is C14H8ClF2IO. The summed E-state index contributed by atoms with van der Waals surface area (Å²) in [6, 6.07) is 8.70. The summed E-state index contributed by atoms with van der Waals surface area (Å²) in [4.78, 5) is 12.1. The maximum absolute atomic E-state index is 13.5. The molecule has 0 unspecified atom stereocenters. The Hall–Kier alpha value is -1.01. The van der Waals surface area contributed by atoms with Gasteiger partial charge in [0.1, 0.15) is 0 Å². The molecule has 0 bridgehead atoms. The monoisotopic (exact) mass is 392 g/mol. The van der Waals surface area contributed by atoms with Crippen molar-refractivity contribution in [1.29, 1.82) is 0 Å². The zero-order valence-electron chi connectivity index (χ0n) is 9.59. The fourth-order valence-corrected chi connectivity index (χ4v) is 2.47. The molecule has 0 saturated carbocycles. The first-order valence-corrected chi connectivity index (χ1v) is 6.86. The summed E-state index contributed by atoms with van der Waals surface area (Å²) in [5.74, 6) is -2.23. The molecule has 0 fully saturated rings. The average molecular weight is 393 g/mol. The zero-order chi connectivity index (χ0) is 14.0. The summed E-state index contributed by atoms with van der Waals surface area (Å²) >= 11 is 7.83. The first-order chi connectivity index (χ1) is 8.99. The van der Waals surface area contributed by atoms with E-state index in [0.717, 1.165) is 9.64 Å². The normalized spacial score (nSPS) is 10.5. The van der Waals surface area contributed by atoms with E-state index >= 15 is 0 Å². The van der Waals surface area contributed by atoms with Crippen LogP contribution >= 0.6 is 34.2 Å². The summed E-state index contributed by atoms with van der Waals surface area (Å²) in [6.07, 6.45) is -0.195. The van der Waals surface area contributed by atoms with E-state index in [-0.39, 0.29) is 17.8 Å². The number of ketones is 1. The zero-order valence-corrected chi connectivity index (χ0v) is 12.5. The second-order valence-electron chi connectivity index (χ2n) is 3.94. The van der Waals surface area contributed by atoms with Crippen molar-refractivity contribution in [2.75, 3.05) is 0 Å². The topological polar surface area (TPSA) is 17.1 Å². The molecule has 98 valence electrons. The van der Waals surface area contributed by atoms with Gasteiger partial charge in [0.25, 0.3) is 0 Å².